The maximum Gasteiger partial charge on any atom is 0.303 e. The van der Waals surface area contributed by atoms with Crippen molar-refractivity contribution in [3.05, 3.63) is 66.0 Å². The third-order valence-corrected chi connectivity index (χ3v) is 5.46. The number of H-pyrrole nitrogens is 1. The molecule has 1 aliphatic heterocycles. The van der Waals surface area contributed by atoms with E-state index < -0.39 is 5.97 Å². The van der Waals surface area contributed by atoms with Crippen LogP contribution in [-0.4, -0.2) is 50.2 Å². The van der Waals surface area contributed by atoms with E-state index in [9.17, 15) is 9.59 Å². The van der Waals surface area contributed by atoms with Crippen molar-refractivity contribution in [3.63, 3.8) is 0 Å². The van der Waals surface area contributed by atoms with Gasteiger partial charge in [0.05, 0.1) is 17.6 Å². The Bertz CT molecular complexity index is 1030. The van der Waals surface area contributed by atoms with Gasteiger partial charge in [0.15, 0.2) is 0 Å². The molecule has 1 aromatic carbocycles. The van der Waals surface area contributed by atoms with Gasteiger partial charge in [0, 0.05) is 31.3 Å². The highest BCUT2D eigenvalue weighted by atomic mass is 16.5. The van der Waals surface area contributed by atoms with Gasteiger partial charge in [0.25, 0.3) is 5.91 Å². The highest BCUT2D eigenvalue weighted by molar-refractivity contribution is 5.94. The van der Waals surface area contributed by atoms with E-state index in [0.29, 0.717) is 31.0 Å². The minimum atomic E-state index is -0.774. The molecule has 1 aliphatic rings. The number of piperidine rings is 1. The molecule has 0 saturated carbocycles. The fraction of sp³-hybridized carbons (Fsp3) is 0.304. The summed E-state index contributed by atoms with van der Waals surface area (Å²) < 4.78 is 5.83. The number of likely N-dealkylation sites (tertiary alicyclic amines) is 1. The van der Waals surface area contributed by atoms with Gasteiger partial charge >= 0.3 is 5.97 Å². The molecule has 0 radical (unpaired) electrons. The molecule has 0 spiro atoms. The van der Waals surface area contributed by atoms with Crippen molar-refractivity contribution < 1.29 is 19.4 Å². The van der Waals surface area contributed by atoms with E-state index in [4.69, 9.17) is 9.84 Å². The predicted octanol–water partition coefficient (Wildman–Crippen LogP) is 3.38. The van der Waals surface area contributed by atoms with Gasteiger partial charge in [-0.25, -0.2) is 0 Å². The molecule has 2 N–H and O–H groups in total. The van der Waals surface area contributed by atoms with Crippen LogP contribution < -0.4 is 4.74 Å². The average molecular weight is 420 g/mol. The molecular formula is C23H24N4O4. The lowest BCUT2D eigenvalue weighted by Gasteiger charge is -2.31. The molecular weight excluding hydrogens is 396 g/mol. The highest BCUT2D eigenvalue weighted by Crippen LogP contribution is 2.22. The number of ether oxygens (including phenoxy) is 1. The van der Waals surface area contributed by atoms with E-state index >= 15 is 0 Å². The van der Waals surface area contributed by atoms with Crippen molar-refractivity contribution >= 4 is 11.9 Å². The van der Waals surface area contributed by atoms with Gasteiger partial charge in [-0.05, 0) is 54.7 Å². The molecule has 1 fully saturated rings. The number of carbonyl (C=O) groups excluding carboxylic acids is 1. The van der Waals surface area contributed by atoms with Crippen LogP contribution in [0.3, 0.4) is 0 Å². The van der Waals surface area contributed by atoms with Crippen LogP contribution in [0.25, 0.3) is 11.4 Å². The summed E-state index contributed by atoms with van der Waals surface area (Å²) in [5, 5.41) is 15.7. The van der Waals surface area contributed by atoms with Gasteiger partial charge in [-0.1, -0.05) is 12.1 Å². The number of benzene rings is 1. The summed E-state index contributed by atoms with van der Waals surface area (Å²) in [5.74, 6) is -0.0140. The monoisotopic (exact) mass is 420 g/mol. The predicted molar refractivity (Wildman–Crippen MR) is 113 cm³/mol. The average Bonchev–Trinajstić information content (AvgIpc) is 3.33. The maximum atomic E-state index is 12.9. The minimum absolute atomic E-state index is 0.0267. The van der Waals surface area contributed by atoms with Crippen LogP contribution in [0.15, 0.2) is 54.9 Å². The molecule has 0 bridgehead atoms. The van der Waals surface area contributed by atoms with Gasteiger partial charge in [-0.3, -0.25) is 19.7 Å². The van der Waals surface area contributed by atoms with Crippen molar-refractivity contribution in [2.45, 2.75) is 25.9 Å². The zero-order valence-corrected chi connectivity index (χ0v) is 17.0. The number of amides is 1. The first kappa shape index (κ1) is 20.6. The van der Waals surface area contributed by atoms with Gasteiger partial charge < -0.3 is 14.7 Å². The standard InChI is InChI=1S/C23H24N4O4/c28-22(29)13-16-7-10-27(11-8-16)23(30)18-3-1-2-17(12-18)15-31-19-4-5-20(24-14-19)21-6-9-25-26-21/h1-6,9,12,14,16H,7-8,10-11,13,15H2,(H,25,26)(H,28,29). The lowest BCUT2D eigenvalue weighted by Crippen LogP contribution is -2.38. The van der Waals surface area contributed by atoms with Crippen LogP contribution in [-0.2, 0) is 11.4 Å². The second-order valence-corrected chi connectivity index (χ2v) is 7.67. The van der Waals surface area contributed by atoms with Crippen molar-refractivity contribution in [3.8, 4) is 17.1 Å². The second kappa shape index (κ2) is 9.42. The third-order valence-electron chi connectivity index (χ3n) is 5.46. The molecule has 3 heterocycles. The molecule has 2 aromatic heterocycles. The molecule has 4 rings (SSSR count). The maximum absolute atomic E-state index is 12.9. The van der Waals surface area contributed by atoms with E-state index in [2.05, 4.69) is 15.2 Å². The number of carbonyl (C=O) groups is 2. The Morgan fingerprint density at radius 2 is 2.00 bits per heavy atom. The summed E-state index contributed by atoms with van der Waals surface area (Å²) in [4.78, 5) is 29.9. The number of aromatic amines is 1. The van der Waals surface area contributed by atoms with E-state index in [1.54, 1.807) is 23.4 Å². The Labute approximate surface area is 179 Å². The zero-order valence-electron chi connectivity index (χ0n) is 17.0. The number of carboxylic acids is 1. The molecule has 160 valence electrons. The van der Waals surface area contributed by atoms with Gasteiger partial charge in [0.1, 0.15) is 12.4 Å². The number of aliphatic carboxylic acids is 1. The van der Waals surface area contributed by atoms with Crippen LogP contribution in [0.5, 0.6) is 5.75 Å². The summed E-state index contributed by atoms with van der Waals surface area (Å²) in [5.41, 5.74) is 3.13. The number of nitrogens with one attached hydrogen (secondary N) is 1. The smallest absolute Gasteiger partial charge is 0.303 e. The normalized spacial score (nSPS) is 14.4. The molecule has 8 heteroatoms. The second-order valence-electron chi connectivity index (χ2n) is 7.67. The van der Waals surface area contributed by atoms with Crippen molar-refractivity contribution in [1.29, 1.82) is 0 Å². The fourth-order valence-electron chi connectivity index (χ4n) is 3.75. The lowest BCUT2D eigenvalue weighted by molar-refractivity contribution is -0.138. The summed E-state index contributed by atoms with van der Waals surface area (Å²) >= 11 is 0. The molecule has 1 saturated heterocycles. The highest BCUT2D eigenvalue weighted by Gasteiger charge is 2.25. The SMILES string of the molecule is O=C(O)CC1CCN(C(=O)c2cccc(COc3ccc(-c4ccn[nH]4)nc3)c2)CC1. The summed E-state index contributed by atoms with van der Waals surface area (Å²) in [6.45, 7) is 1.50. The van der Waals surface area contributed by atoms with Crippen molar-refractivity contribution in [1.82, 2.24) is 20.1 Å². The Hall–Kier alpha value is -3.68. The summed E-state index contributed by atoms with van der Waals surface area (Å²) in [6, 6.07) is 13.0. The quantitative estimate of drug-likeness (QED) is 0.607. The number of hydrogen-bond donors (Lipinski definition) is 2. The number of nitrogens with zero attached hydrogens (tertiary/aromatic N) is 3. The lowest BCUT2D eigenvalue weighted by atomic mass is 9.93. The molecule has 1 amide bonds. The Morgan fingerprint density at radius 1 is 1.16 bits per heavy atom. The topological polar surface area (TPSA) is 108 Å². The number of carboxylic acid groups (broad SMARTS) is 1. The fourth-order valence-corrected chi connectivity index (χ4v) is 3.75. The number of pyridine rings is 1. The van der Waals surface area contributed by atoms with Crippen LogP contribution in [0.1, 0.15) is 35.2 Å². The van der Waals surface area contributed by atoms with Crippen molar-refractivity contribution in [2.24, 2.45) is 5.92 Å². The van der Waals surface area contributed by atoms with Gasteiger partial charge in [-0.15, -0.1) is 0 Å². The first-order valence-electron chi connectivity index (χ1n) is 10.3. The summed E-state index contributed by atoms with van der Waals surface area (Å²) in [6.07, 6.45) is 4.96. The largest absolute Gasteiger partial charge is 0.487 e. The Kier molecular flexibility index (Phi) is 6.26. The molecule has 8 nitrogen and oxygen atoms in total. The number of hydrogen-bond acceptors (Lipinski definition) is 5. The van der Waals surface area contributed by atoms with E-state index in [1.165, 1.54) is 0 Å². The van der Waals surface area contributed by atoms with Gasteiger partial charge in [-0.2, -0.15) is 5.10 Å². The van der Waals surface area contributed by atoms with E-state index in [1.807, 2.05) is 36.4 Å². The van der Waals surface area contributed by atoms with Crippen molar-refractivity contribution in [2.75, 3.05) is 13.1 Å². The third kappa shape index (κ3) is 5.28. The Morgan fingerprint density at radius 3 is 2.68 bits per heavy atom. The zero-order chi connectivity index (χ0) is 21.6. The molecule has 3 aromatic rings. The number of aromatic nitrogens is 3. The van der Waals surface area contributed by atoms with E-state index in [0.717, 1.165) is 29.8 Å². The van der Waals surface area contributed by atoms with Crippen LogP contribution in [0, 0.1) is 5.92 Å². The minimum Gasteiger partial charge on any atom is -0.487 e. The first-order chi connectivity index (χ1) is 15.1. The van der Waals surface area contributed by atoms with Crippen LogP contribution >= 0.6 is 0 Å². The molecule has 0 unspecified atom stereocenters. The molecule has 0 aliphatic carbocycles. The molecule has 31 heavy (non-hydrogen) atoms. The van der Waals surface area contributed by atoms with Gasteiger partial charge in [0.2, 0.25) is 0 Å². The van der Waals surface area contributed by atoms with E-state index in [-0.39, 0.29) is 18.2 Å². The Balaban J connectivity index is 1.33. The first-order valence-corrected chi connectivity index (χ1v) is 10.3. The summed E-state index contributed by atoms with van der Waals surface area (Å²) in [7, 11) is 0. The van der Waals surface area contributed by atoms with Crippen LogP contribution in [0.4, 0.5) is 0 Å². The number of rotatable bonds is 7. The van der Waals surface area contributed by atoms with Crippen LogP contribution in [0.2, 0.25) is 0 Å². The molecule has 0 atom stereocenters.